The Labute approximate surface area is 123 Å². The number of nitrogens with one attached hydrogen (secondary N) is 2. The van der Waals surface area contributed by atoms with Crippen LogP contribution in [0.5, 0.6) is 0 Å². The van der Waals surface area contributed by atoms with E-state index in [1.807, 2.05) is 14.0 Å². The highest BCUT2D eigenvalue weighted by atomic mass is 16.5. The molecular formula is C15H31N3O2. The van der Waals surface area contributed by atoms with Crippen LogP contribution in [-0.4, -0.2) is 63.3 Å². The van der Waals surface area contributed by atoms with Gasteiger partial charge in [-0.3, -0.25) is 9.69 Å². The van der Waals surface area contributed by atoms with Crippen LogP contribution in [0.2, 0.25) is 0 Å². The van der Waals surface area contributed by atoms with Gasteiger partial charge in [0, 0.05) is 39.4 Å². The first-order chi connectivity index (χ1) is 9.63. The van der Waals surface area contributed by atoms with Crippen molar-refractivity contribution < 1.29 is 9.53 Å². The molecular weight excluding hydrogens is 254 g/mol. The minimum Gasteiger partial charge on any atom is -0.385 e. The maximum absolute atomic E-state index is 12.1. The quantitative estimate of drug-likeness (QED) is 0.649. The first-order valence-corrected chi connectivity index (χ1v) is 7.82. The highest BCUT2D eigenvalue weighted by Gasteiger charge is 2.31. The molecule has 5 nitrogen and oxygen atoms in total. The smallest absolute Gasteiger partial charge is 0.237 e. The number of carbonyl (C=O) groups excluding carboxylic acids is 1. The number of hydrogen-bond donors (Lipinski definition) is 2. The Kier molecular flexibility index (Phi) is 8.11. The minimum atomic E-state index is -0.0376. The van der Waals surface area contributed by atoms with Gasteiger partial charge in [0.05, 0.1) is 6.04 Å². The molecule has 1 rings (SSSR count). The second-order valence-electron chi connectivity index (χ2n) is 5.66. The van der Waals surface area contributed by atoms with E-state index in [4.69, 9.17) is 4.74 Å². The lowest BCUT2D eigenvalue weighted by molar-refractivity contribution is -0.126. The number of rotatable bonds is 8. The molecule has 118 valence electrons. The van der Waals surface area contributed by atoms with Crippen LogP contribution in [0, 0.1) is 5.92 Å². The summed E-state index contributed by atoms with van der Waals surface area (Å²) in [5.74, 6) is 0.774. The number of methoxy groups -OCH3 is 1. The molecule has 1 fully saturated rings. The van der Waals surface area contributed by atoms with Gasteiger partial charge < -0.3 is 15.4 Å². The van der Waals surface area contributed by atoms with E-state index in [1.165, 1.54) is 0 Å². The maximum Gasteiger partial charge on any atom is 0.237 e. The fraction of sp³-hybridized carbons (Fsp3) is 0.933. The van der Waals surface area contributed by atoms with Crippen LogP contribution in [-0.2, 0) is 9.53 Å². The number of hydrogen-bond acceptors (Lipinski definition) is 4. The molecule has 5 heteroatoms. The number of carbonyl (C=O) groups is 1. The average molecular weight is 285 g/mol. The number of likely N-dealkylation sites (tertiary alicyclic amines) is 1. The van der Waals surface area contributed by atoms with Gasteiger partial charge in [0.1, 0.15) is 0 Å². The summed E-state index contributed by atoms with van der Waals surface area (Å²) in [5.41, 5.74) is 0. The summed E-state index contributed by atoms with van der Waals surface area (Å²) >= 11 is 0. The summed E-state index contributed by atoms with van der Waals surface area (Å²) in [7, 11) is 3.72. The zero-order chi connectivity index (χ0) is 15.0. The van der Waals surface area contributed by atoms with Crippen molar-refractivity contribution in [3.8, 4) is 0 Å². The van der Waals surface area contributed by atoms with Gasteiger partial charge >= 0.3 is 0 Å². The van der Waals surface area contributed by atoms with Crippen LogP contribution in [0.15, 0.2) is 0 Å². The summed E-state index contributed by atoms with van der Waals surface area (Å²) in [6.45, 7) is 7.64. The van der Waals surface area contributed by atoms with Crippen molar-refractivity contribution in [2.75, 3.05) is 40.4 Å². The summed E-state index contributed by atoms with van der Waals surface area (Å²) < 4.78 is 4.98. The molecule has 1 amide bonds. The summed E-state index contributed by atoms with van der Waals surface area (Å²) in [4.78, 5) is 14.5. The van der Waals surface area contributed by atoms with Crippen molar-refractivity contribution in [1.82, 2.24) is 15.5 Å². The Morgan fingerprint density at radius 2 is 2.25 bits per heavy atom. The Morgan fingerprint density at radius 3 is 2.85 bits per heavy atom. The normalized spacial score (nSPS) is 25.4. The Morgan fingerprint density at radius 1 is 1.50 bits per heavy atom. The second kappa shape index (κ2) is 9.32. The minimum absolute atomic E-state index is 0.0376. The van der Waals surface area contributed by atoms with Crippen LogP contribution in [0.4, 0.5) is 0 Å². The van der Waals surface area contributed by atoms with Crippen molar-refractivity contribution in [2.45, 2.75) is 45.2 Å². The van der Waals surface area contributed by atoms with Crippen molar-refractivity contribution >= 4 is 5.91 Å². The van der Waals surface area contributed by atoms with Gasteiger partial charge in [-0.2, -0.15) is 0 Å². The third-order valence-corrected chi connectivity index (χ3v) is 4.41. The highest BCUT2D eigenvalue weighted by molar-refractivity contribution is 5.81. The van der Waals surface area contributed by atoms with Gasteiger partial charge in [-0.1, -0.05) is 13.3 Å². The van der Waals surface area contributed by atoms with Crippen molar-refractivity contribution in [3.63, 3.8) is 0 Å². The SMILES string of the molecule is CCC1CN(C(C)C(=O)NCCCOC)CCC1NC. The molecule has 1 heterocycles. The van der Waals surface area contributed by atoms with Gasteiger partial charge in [0.25, 0.3) is 0 Å². The molecule has 0 saturated carbocycles. The third kappa shape index (κ3) is 5.04. The molecule has 0 bridgehead atoms. The fourth-order valence-electron chi connectivity index (χ4n) is 2.95. The van der Waals surface area contributed by atoms with E-state index < -0.39 is 0 Å². The zero-order valence-corrected chi connectivity index (χ0v) is 13.4. The molecule has 1 saturated heterocycles. The molecule has 0 radical (unpaired) electrons. The monoisotopic (exact) mass is 285 g/mol. The van der Waals surface area contributed by atoms with Crippen molar-refractivity contribution in [3.05, 3.63) is 0 Å². The molecule has 2 N–H and O–H groups in total. The maximum atomic E-state index is 12.1. The van der Waals surface area contributed by atoms with E-state index in [1.54, 1.807) is 7.11 Å². The van der Waals surface area contributed by atoms with Gasteiger partial charge in [0.2, 0.25) is 5.91 Å². The van der Waals surface area contributed by atoms with Crippen LogP contribution < -0.4 is 10.6 Å². The van der Waals surface area contributed by atoms with Crippen LogP contribution in [0.25, 0.3) is 0 Å². The number of piperidine rings is 1. The molecule has 1 aliphatic heterocycles. The summed E-state index contributed by atoms with van der Waals surface area (Å²) in [6, 6.07) is 0.553. The third-order valence-electron chi connectivity index (χ3n) is 4.41. The van der Waals surface area contributed by atoms with Crippen LogP contribution >= 0.6 is 0 Å². The number of amides is 1. The molecule has 0 spiro atoms. The largest absolute Gasteiger partial charge is 0.385 e. The molecule has 0 aliphatic carbocycles. The van der Waals surface area contributed by atoms with E-state index in [-0.39, 0.29) is 11.9 Å². The predicted molar refractivity (Wildman–Crippen MR) is 81.8 cm³/mol. The molecule has 20 heavy (non-hydrogen) atoms. The van der Waals surface area contributed by atoms with E-state index in [0.29, 0.717) is 25.1 Å². The van der Waals surface area contributed by atoms with Gasteiger partial charge in [-0.05, 0) is 32.7 Å². The van der Waals surface area contributed by atoms with Gasteiger partial charge in [-0.25, -0.2) is 0 Å². The topological polar surface area (TPSA) is 53.6 Å². The second-order valence-corrected chi connectivity index (χ2v) is 5.66. The average Bonchev–Trinajstić information content (AvgIpc) is 2.49. The van der Waals surface area contributed by atoms with E-state index in [2.05, 4.69) is 22.5 Å². The van der Waals surface area contributed by atoms with Gasteiger partial charge in [0.15, 0.2) is 0 Å². The van der Waals surface area contributed by atoms with E-state index in [0.717, 1.165) is 32.4 Å². The van der Waals surface area contributed by atoms with Crippen molar-refractivity contribution in [2.24, 2.45) is 5.92 Å². The predicted octanol–water partition coefficient (Wildman–Crippen LogP) is 0.848. The first-order valence-electron chi connectivity index (χ1n) is 7.82. The summed E-state index contributed by atoms with van der Waals surface area (Å²) in [6.07, 6.45) is 3.15. The molecule has 0 aromatic heterocycles. The Balaban J connectivity index is 2.38. The zero-order valence-electron chi connectivity index (χ0n) is 13.4. The van der Waals surface area contributed by atoms with Crippen LogP contribution in [0.3, 0.4) is 0 Å². The van der Waals surface area contributed by atoms with E-state index >= 15 is 0 Å². The molecule has 0 aromatic rings. The standard InChI is InChI=1S/C15H31N3O2/c1-5-13-11-18(9-7-14(13)16-3)12(2)15(19)17-8-6-10-20-4/h12-14,16H,5-11H2,1-4H3,(H,17,19). The van der Waals surface area contributed by atoms with Gasteiger partial charge in [-0.15, -0.1) is 0 Å². The lowest BCUT2D eigenvalue weighted by Gasteiger charge is -2.40. The first kappa shape index (κ1) is 17.4. The summed E-state index contributed by atoms with van der Waals surface area (Å²) in [5, 5.41) is 6.40. The van der Waals surface area contributed by atoms with Crippen molar-refractivity contribution in [1.29, 1.82) is 0 Å². The molecule has 3 atom stereocenters. The fourth-order valence-corrected chi connectivity index (χ4v) is 2.95. The Hall–Kier alpha value is -0.650. The Bertz CT molecular complexity index is 286. The van der Waals surface area contributed by atoms with E-state index in [9.17, 15) is 4.79 Å². The number of ether oxygens (including phenoxy) is 1. The van der Waals surface area contributed by atoms with Crippen LogP contribution in [0.1, 0.15) is 33.1 Å². The molecule has 1 aliphatic rings. The lowest BCUT2D eigenvalue weighted by atomic mass is 9.89. The molecule has 3 unspecified atom stereocenters. The number of nitrogens with zero attached hydrogens (tertiary/aromatic N) is 1. The molecule has 0 aromatic carbocycles. The highest BCUT2D eigenvalue weighted by Crippen LogP contribution is 2.21. The lowest BCUT2D eigenvalue weighted by Crippen LogP contribution is -2.54.